The van der Waals surface area contributed by atoms with Gasteiger partial charge in [0.15, 0.2) is 5.60 Å². The van der Waals surface area contributed by atoms with Crippen molar-refractivity contribution in [3.8, 4) is 6.07 Å². The second kappa shape index (κ2) is 6.79. The highest BCUT2D eigenvalue weighted by atomic mass is 16.6. The number of nitriles is 1. The van der Waals surface area contributed by atoms with Crippen molar-refractivity contribution in [3.63, 3.8) is 0 Å². The van der Waals surface area contributed by atoms with E-state index >= 15 is 0 Å². The number of rotatable bonds is 7. The minimum Gasteiger partial charge on any atom is -0.394 e. The number of ether oxygens (including phenoxy) is 2. The SMILES string of the molecule is B[C@@H](CO)O[C@](C#N)(CO)COCC. The molecule has 0 unspecified atom stereocenters. The van der Waals surface area contributed by atoms with E-state index in [1.807, 2.05) is 6.07 Å². The molecule has 0 saturated carbocycles. The van der Waals surface area contributed by atoms with Crippen molar-refractivity contribution in [1.82, 2.24) is 0 Å². The van der Waals surface area contributed by atoms with E-state index in [9.17, 15) is 0 Å². The van der Waals surface area contributed by atoms with E-state index in [-0.39, 0.29) is 13.2 Å². The van der Waals surface area contributed by atoms with Crippen molar-refractivity contribution in [1.29, 1.82) is 5.26 Å². The Morgan fingerprint density at radius 1 is 1.57 bits per heavy atom. The topological polar surface area (TPSA) is 82.7 Å². The predicted molar refractivity (Wildman–Crippen MR) is 52.4 cm³/mol. The molecule has 0 amide bonds. The third-order valence-corrected chi connectivity index (χ3v) is 1.68. The van der Waals surface area contributed by atoms with Crippen LogP contribution in [-0.2, 0) is 9.47 Å². The Labute approximate surface area is 84.7 Å². The van der Waals surface area contributed by atoms with Crippen molar-refractivity contribution in [3.05, 3.63) is 0 Å². The van der Waals surface area contributed by atoms with Crippen LogP contribution in [0.4, 0.5) is 0 Å². The minimum atomic E-state index is -1.36. The molecule has 2 N–H and O–H groups in total. The number of aliphatic hydroxyl groups is 2. The molecule has 0 bridgehead atoms. The maximum Gasteiger partial charge on any atom is 0.199 e. The summed E-state index contributed by atoms with van der Waals surface area (Å²) in [6.45, 7) is 1.58. The van der Waals surface area contributed by atoms with Crippen LogP contribution in [0.2, 0.25) is 0 Å². The highest BCUT2D eigenvalue weighted by molar-refractivity contribution is 6.11. The van der Waals surface area contributed by atoms with Gasteiger partial charge in [-0.15, -0.1) is 0 Å². The van der Waals surface area contributed by atoms with E-state index in [1.54, 1.807) is 14.8 Å². The highest BCUT2D eigenvalue weighted by Gasteiger charge is 2.32. The molecule has 0 aliphatic rings. The van der Waals surface area contributed by atoms with Crippen LogP contribution >= 0.6 is 0 Å². The van der Waals surface area contributed by atoms with Crippen LogP contribution in [-0.4, -0.2) is 56.1 Å². The lowest BCUT2D eigenvalue weighted by Crippen LogP contribution is -2.44. The van der Waals surface area contributed by atoms with Crippen molar-refractivity contribution in [2.45, 2.75) is 18.5 Å². The molecule has 2 atom stereocenters. The van der Waals surface area contributed by atoms with Gasteiger partial charge in [-0.2, -0.15) is 5.26 Å². The van der Waals surface area contributed by atoms with Gasteiger partial charge in [0.1, 0.15) is 13.9 Å². The fourth-order valence-corrected chi connectivity index (χ4v) is 0.900. The van der Waals surface area contributed by atoms with E-state index in [0.29, 0.717) is 6.61 Å². The molecule has 80 valence electrons. The molecule has 0 heterocycles. The summed E-state index contributed by atoms with van der Waals surface area (Å²) < 4.78 is 10.2. The molecule has 0 aromatic carbocycles. The van der Waals surface area contributed by atoms with Crippen LogP contribution in [0.25, 0.3) is 0 Å². The molecule has 0 aliphatic carbocycles. The summed E-state index contributed by atoms with van der Waals surface area (Å²) in [4.78, 5) is 0. The Bertz CT molecular complexity index is 196. The Morgan fingerprint density at radius 2 is 2.21 bits per heavy atom. The van der Waals surface area contributed by atoms with Crippen molar-refractivity contribution < 1.29 is 19.7 Å². The van der Waals surface area contributed by atoms with Crippen LogP contribution < -0.4 is 0 Å². The molecule has 0 spiro atoms. The normalized spacial score (nSPS) is 17.0. The van der Waals surface area contributed by atoms with Gasteiger partial charge in [-0.05, 0) is 6.92 Å². The van der Waals surface area contributed by atoms with Gasteiger partial charge < -0.3 is 19.7 Å². The lowest BCUT2D eigenvalue weighted by Gasteiger charge is -2.27. The summed E-state index contributed by atoms with van der Waals surface area (Å²) in [5.41, 5.74) is -1.36. The first-order valence-electron chi connectivity index (χ1n) is 4.52. The van der Waals surface area contributed by atoms with E-state index in [1.165, 1.54) is 0 Å². The van der Waals surface area contributed by atoms with Gasteiger partial charge in [0, 0.05) is 12.6 Å². The zero-order chi connectivity index (χ0) is 11.0. The number of hydrogen-bond acceptors (Lipinski definition) is 5. The van der Waals surface area contributed by atoms with E-state index in [2.05, 4.69) is 0 Å². The summed E-state index contributed by atoms with van der Waals surface area (Å²) in [5, 5.41) is 26.6. The lowest BCUT2D eigenvalue weighted by molar-refractivity contribution is -0.107. The molecule has 6 heteroatoms. The standard InChI is InChI=1S/C8H16BNO4/c1-2-13-6-8(4-10,5-12)14-7(9)3-11/h7,11-12H,2-3,5-6,9H2,1H3/t7-,8-/m1/s1. The van der Waals surface area contributed by atoms with Gasteiger partial charge >= 0.3 is 0 Å². The molecule has 0 aliphatic heterocycles. The Morgan fingerprint density at radius 3 is 2.57 bits per heavy atom. The summed E-state index contributed by atoms with van der Waals surface area (Å²) in [5.74, 6) is 0. The van der Waals surface area contributed by atoms with Gasteiger partial charge in [0.25, 0.3) is 0 Å². The summed E-state index contributed by atoms with van der Waals surface area (Å²) >= 11 is 0. The zero-order valence-electron chi connectivity index (χ0n) is 8.56. The van der Waals surface area contributed by atoms with Gasteiger partial charge in [0.2, 0.25) is 0 Å². The third kappa shape index (κ3) is 4.07. The van der Waals surface area contributed by atoms with Crippen LogP contribution in [0.5, 0.6) is 0 Å². The Hall–Kier alpha value is -0.605. The maximum absolute atomic E-state index is 9.04. The van der Waals surface area contributed by atoms with Gasteiger partial charge in [0.05, 0.1) is 19.8 Å². The fourth-order valence-electron chi connectivity index (χ4n) is 0.900. The number of hydrogen-bond donors (Lipinski definition) is 2. The molecule has 14 heavy (non-hydrogen) atoms. The smallest absolute Gasteiger partial charge is 0.199 e. The van der Waals surface area contributed by atoms with Crippen molar-refractivity contribution >= 4 is 7.85 Å². The Balaban J connectivity index is 4.30. The van der Waals surface area contributed by atoms with Gasteiger partial charge in [-0.1, -0.05) is 0 Å². The zero-order valence-corrected chi connectivity index (χ0v) is 8.56. The van der Waals surface area contributed by atoms with Crippen molar-refractivity contribution in [2.24, 2.45) is 0 Å². The first kappa shape index (κ1) is 13.4. The predicted octanol–water partition coefficient (Wildman–Crippen LogP) is -1.75. The minimum absolute atomic E-state index is 0.000833. The molecule has 0 aromatic heterocycles. The second-order valence-electron chi connectivity index (χ2n) is 3.01. The van der Waals surface area contributed by atoms with Crippen LogP contribution in [0, 0.1) is 11.3 Å². The number of nitrogens with zero attached hydrogens (tertiary/aromatic N) is 1. The van der Waals surface area contributed by atoms with Crippen molar-refractivity contribution in [2.75, 3.05) is 26.4 Å². The lowest BCUT2D eigenvalue weighted by atomic mass is 9.99. The largest absolute Gasteiger partial charge is 0.394 e. The maximum atomic E-state index is 9.04. The van der Waals surface area contributed by atoms with Crippen LogP contribution in [0.15, 0.2) is 0 Å². The van der Waals surface area contributed by atoms with Gasteiger partial charge in [-0.3, -0.25) is 0 Å². The summed E-state index contributed by atoms with van der Waals surface area (Å²) in [6, 6.07) is 1.36. The quantitative estimate of drug-likeness (QED) is 0.477. The molecule has 0 radical (unpaired) electrons. The van der Waals surface area contributed by atoms with E-state index < -0.39 is 18.2 Å². The summed E-state index contributed by atoms with van der Waals surface area (Å²) in [6.07, 6.45) is 0. The average molecular weight is 201 g/mol. The van der Waals surface area contributed by atoms with Crippen LogP contribution in [0.1, 0.15) is 6.92 Å². The third-order valence-electron chi connectivity index (χ3n) is 1.68. The molecule has 0 saturated heterocycles. The molecule has 5 nitrogen and oxygen atoms in total. The molecular formula is C8H16BNO4. The van der Waals surface area contributed by atoms with E-state index in [4.69, 9.17) is 24.9 Å². The number of aliphatic hydroxyl groups excluding tert-OH is 2. The second-order valence-corrected chi connectivity index (χ2v) is 3.01. The van der Waals surface area contributed by atoms with Crippen LogP contribution in [0.3, 0.4) is 0 Å². The molecule has 0 aromatic rings. The molecule has 0 fully saturated rings. The monoisotopic (exact) mass is 201 g/mol. The first-order chi connectivity index (χ1) is 6.64. The summed E-state index contributed by atoms with van der Waals surface area (Å²) in [7, 11) is 1.62. The Kier molecular flexibility index (Phi) is 6.50. The molecular weight excluding hydrogens is 185 g/mol. The highest BCUT2D eigenvalue weighted by Crippen LogP contribution is 2.12. The van der Waals surface area contributed by atoms with Gasteiger partial charge in [-0.25, -0.2) is 0 Å². The first-order valence-corrected chi connectivity index (χ1v) is 4.52. The molecule has 0 rings (SSSR count). The average Bonchev–Trinajstić information content (AvgIpc) is 2.24. The fraction of sp³-hybridized carbons (Fsp3) is 0.875. The van der Waals surface area contributed by atoms with E-state index in [0.717, 1.165) is 0 Å².